The van der Waals surface area contributed by atoms with E-state index in [1.165, 1.54) is 0 Å². The highest BCUT2D eigenvalue weighted by Gasteiger charge is 2.10. The first-order valence-corrected chi connectivity index (χ1v) is 6.71. The number of hydrogen-bond acceptors (Lipinski definition) is 7. The van der Waals surface area contributed by atoms with E-state index in [2.05, 4.69) is 25.6 Å². The molecule has 0 atom stereocenters. The quantitative estimate of drug-likeness (QED) is 0.721. The molecule has 1 aromatic heterocycles. The maximum absolute atomic E-state index is 11.7. The highest BCUT2D eigenvalue weighted by Crippen LogP contribution is 2.10. The molecule has 0 spiro atoms. The summed E-state index contributed by atoms with van der Waals surface area (Å²) in [5, 5.41) is 5.87. The summed E-state index contributed by atoms with van der Waals surface area (Å²) in [4.78, 5) is 25.7. The van der Waals surface area contributed by atoms with Gasteiger partial charge in [0.05, 0.1) is 13.2 Å². The van der Waals surface area contributed by atoms with Crippen molar-refractivity contribution in [3.63, 3.8) is 0 Å². The Kier molecular flexibility index (Phi) is 6.48. The van der Waals surface area contributed by atoms with Gasteiger partial charge in [0.15, 0.2) is 0 Å². The molecule has 0 fully saturated rings. The summed E-state index contributed by atoms with van der Waals surface area (Å²) in [6.45, 7) is 7.65. The third-order valence-corrected chi connectivity index (χ3v) is 2.52. The van der Waals surface area contributed by atoms with Gasteiger partial charge in [-0.25, -0.2) is 0 Å². The van der Waals surface area contributed by atoms with E-state index in [0.29, 0.717) is 31.6 Å². The fourth-order valence-electron chi connectivity index (χ4n) is 1.33. The molecule has 1 amide bonds. The Hall–Kier alpha value is -2.12. The van der Waals surface area contributed by atoms with Gasteiger partial charge in [0.2, 0.25) is 17.8 Å². The molecule has 0 aliphatic carbocycles. The molecule has 20 heavy (non-hydrogen) atoms. The van der Waals surface area contributed by atoms with Crippen molar-refractivity contribution in [1.82, 2.24) is 19.9 Å². The van der Waals surface area contributed by atoms with Crippen LogP contribution in [0.3, 0.4) is 0 Å². The molecule has 0 aliphatic rings. The van der Waals surface area contributed by atoms with Crippen LogP contribution in [0, 0.1) is 0 Å². The second kappa shape index (κ2) is 8.13. The summed E-state index contributed by atoms with van der Waals surface area (Å²) < 4.78 is 5.27. The second-order valence-corrected chi connectivity index (χ2v) is 3.99. The van der Waals surface area contributed by atoms with Crippen molar-refractivity contribution in [3.8, 4) is 6.01 Å². The molecule has 1 heterocycles. The number of ether oxygens (including phenoxy) is 1. The second-order valence-electron chi connectivity index (χ2n) is 3.99. The van der Waals surface area contributed by atoms with Crippen molar-refractivity contribution < 1.29 is 9.53 Å². The zero-order valence-corrected chi connectivity index (χ0v) is 12.4. The minimum Gasteiger partial charge on any atom is -0.464 e. The number of aromatic nitrogens is 3. The molecule has 0 saturated carbocycles. The summed E-state index contributed by atoms with van der Waals surface area (Å²) in [5.74, 6) is 0.706. The van der Waals surface area contributed by atoms with Gasteiger partial charge in [-0.05, 0) is 20.8 Å². The van der Waals surface area contributed by atoms with E-state index in [1.807, 2.05) is 20.8 Å². The van der Waals surface area contributed by atoms with Gasteiger partial charge in [0.25, 0.3) is 0 Å². The first kappa shape index (κ1) is 15.9. The molecule has 1 aromatic rings. The van der Waals surface area contributed by atoms with Crippen molar-refractivity contribution in [1.29, 1.82) is 0 Å². The van der Waals surface area contributed by atoms with Gasteiger partial charge in [0.1, 0.15) is 0 Å². The minimum atomic E-state index is -0.0316. The van der Waals surface area contributed by atoms with Gasteiger partial charge in [-0.1, -0.05) is 0 Å². The van der Waals surface area contributed by atoms with E-state index in [9.17, 15) is 4.79 Å². The van der Waals surface area contributed by atoms with Gasteiger partial charge >= 0.3 is 6.01 Å². The van der Waals surface area contributed by atoms with Gasteiger partial charge in [-0.3, -0.25) is 4.79 Å². The summed E-state index contributed by atoms with van der Waals surface area (Å²) >= 11 is 0. The van der Waals surface area contributed by atoms with Crippen LogP contribution in [0.1, 0.15) is 20.8 Å². The zero-order chi connectivity index (χ0) is 15.0. The third kappa shape index (κ3) is 4.87. The number of hydrogen-bond donors (Lipinski definition) is 2. The molecule has 1 rings (SSSR count). The van der Waals surface area contributed by atoms with Crippen molar-refractivity contribution in [2.24, 2.45) is 0 Å². The molecular weight excluding hydrogens is 260 g/mol. The van der Waals surface area contributed by atoms with Gasteiger partial charge < -0.3 is 20.3 Å². The van der Waals surface area contributed by atoms with E-state index in [1.54, 1.807) is 11.9 Å². The fourth-order valence-corrected chi connectivity index (χ4v) is 1.33. The largest absolute Gasteiger partial charge is 0.464 e. The Morgan fingerprint density at radius 2 is 1.80 bits per heavy atom. The van der Waals surface area contributed by atoms with Crippen LogP contribution in [0.4, 0.5) is 11.9 Å². The van der Waals surface area contributed by atoms with Crippen LogP contribution in [0.15, 0.2) is 0 Å². The number of likely N-dealkylation sites (N-methyl/N-ethyl adjacent to an activating group) is 1. The average molecular weight is 282 g/mol. The van der Waals surface area contributed by atoms with Crippen LogP contribution in [-0.2, 0) is 4.79 Å². The molecule has 0 radical (unpaired) electrons. The number of carbonyl (C=O) groups excluding carboxylic acids is 1. The van der Waals surface area contributed by atoms with Crippen LogP contribution in [0.25, 0.3) is 0 Å². The highest BCUT2D eigenvalue weighted by atomic mass is 16.5. The van der Waals surface area contributed by atoms with E-state index < -0.39 is 0 Å². The van der Waals surface area contributed by atoms with E-state index >= 15 is 0 Å². The van der Waals surface area contributed by atoms with Crippen molar-refractivity contribution >= 4 is 17.8 Å². The van der Waals surface area contributed by atoms with Gasteiger partial charge in [-0.2, -0.15) is 15.0 Å². The molecule has 2 N–H and O–H groups in total. The van der Waals surface area contributed by atoms with Crippen LogP contribution in [-0.4, -0.2) is 59.0 Å². The predicted molar refractivity (Wildman–Crippen MR) is 77.0 cm³/mol. The Labute approximate surface area is 119 Å². The average Bonchev–Trinajstić information content (AvgIpc) is 2.44. The lowest BCUT2D eigenvalue weighted by molar-refractivity contribution is -0.127. The minimum absolute atomic E-state index is 0.0316. The number of carbonyl (C=O) groups is 1. The van der Waals surface area contributed by atoms with Gasteiger partial charge in [-0.15, -0.1) is 0 Å². The van der Waals surface area contributed by atoms with Crippen LogP contribution in [0.5, 0.6) is 6.01 Å². The lowest BCUT2D eigenvalue weighted by atomic mass is 10.5. The third-order valence-electron chi connectivity index (χ3n) is 2.52. The van der Waals surface area contributed by atoms with Crippen LogP contribution in [0.2, 0.25) is 0 Å². The highest BCUT2D eigenvalue weighted by molar-refractivity contribution is 5.80. The van der Waals surface area contributed by atoms with Crippen LogP contribution >= 0.6 is 0 Å². The van der Waals surface area contributed by atoms with E-state index in [4.69, 9.17) is 4.74 Å². The molecular formula is C12H22N6O2. The first-order valence-electron chi connectivity index (χ1n) is 6.71. The van der Waals surface area contributed by atoms with Crippen molar-refractivity contribution in [3.05, 3.63) is 0 Å². The zero-order valence-electron chi connectivity index (χ0n) is 12.4. The first-order chi connectivity index (χ1) is 9.60. The molecule has 0 unspecified atom stereocenters. The van der Waals surface area contributed by atoms with E-state index in [-0.39, 0.29) is 18.5 Å². The Morgan fingerprint density at radius 3 is 2.35 bits per heavy atom. The van der Waals surface area contributed by atoms with E-state index in [0.717, 1.165) is 0 Å². The van der Waals surface area contributed by atoms with Gasteiger partial charge in [0, 0.05) is 20.1 Å². The Bertz CT molecular complexity index is 416. The maximum atomic E-state index is 11.7. The standard InChI is InChI=1S/C12H22N6O2/c1-5-13-10-15-11(17-12(16-10)20-7-3)14-8-9(19)18(4)6-2/h5-8H2,1-4H3,(H2,13,14,15,16,17). The Balaban J connectivity index is 2.74. The predicted octanol–water partition coefficient (Wildman–Crippen LogP) is 0.592. The lowest BCUT2D eigenvalue weighted by Crippen LogP contribution is -2.32. The SMILES string of the molecule is CCNc1nc(NCC(=O)N(C)CC)nc(OCC)n1. The number of anilines is 2. The van der Waals surface area contributed by atoms with Crippen LogP contribution < -0.4 is 15.4 Å². The number of nitrogens with one attached hydrogen (secondary N) is 2. The molecule has 0 saturated heterocycles. The molecule has 0 aliphatic heterocycles. The number of amides is 1. The van der Waals surface area contributed by atoms with Crippen molar-refractivity contribution in [2.45, 2.75) is 20.8 Å². The summed E-state index contributed by atoms with van der Waals surface area (Å²) in [6, 6.07) is 0.234. The summed E-state index contributed by atoms with van der Waals surface area (Å²) in [7, 11) is 1.74. The molecule has 8 nitrogen and oxygen atoms in total. The summed E-state index contributed by atoms with van der Waals surface area (Å²) in [6.07, 6.45) is 0. The molecule has 8 heteroatoms. The topological polar surface area (TPSA) is 92.3 Å². The molecule has 0 bridgehead atoms. The maximum Gasteiger partial charge on any atom is 0.323 e. The smallest absolute Gasteiger partial charge is 0.323 e. The normalized spacial score (nSPS) is 10.0. The van der Waals surface area contributed by atoms with Crippen molar-refractivity contribution in [2.75, 3.05) is 43.9 Å². The fraction of sp³-hybridized carbons (Fsp3) is 0.667. The summed E-state index contributed by atoms with van der Waals surface area (Å²) in [5.41, 5.74) is 0. The monoisotopic (exact) mass is 282 g/mol. The Morgan fingerprint density at radius 1 is 1.15 bits per heavy atom. The lowest BCUT2D eigenvalue weighted by Gasteiger charge is -2.15. The number of rotatable bonds is 8. The molecule has 112 valence electrons. The molecule has 0 aromatic carbocycles. The number of nitrogens with zero attached hydrogens (tertiary/aromatic N) is 4.